The molecule has 0 aromatic heterocycles. The number of benzene rings is 1. The van der Waals surface area contributed by atoms with Gasteiger partial charge in [-0.3, -0.25) is 14.4 Å². The van der Waals surface area contributed by atoms with E-state index in [0.29, 0.717) is 38.9 Å². The van der Waals surface area contributed by atoms with Crippen LogP contribution in [-0.2, 0) is 19.1 Å². The molecule has 1 aromatic carbocycles. The van der Waals surface area contributed by atoms with Crippen molar-refractivity contribution in [3.05, 3.63) is 55.6 Å². The minimum absolute atomic E-state index is 0.0611. The van der Waals surface area contributed by atoms with E-state index in [0.717, 1.165) is 57.1 Å². The first-order valence-electron chi connectivity index (χ1n) is 16.9. The normalized spacial score (nSPS) is 29.5. The molecule has 1 saturated carbocycles. The predicted octanol–water partition coefficient (Wildman–Crippen LogP) is 5.26. The van der Waals surface area contributed by atoms with Gasteiger partial charge in [-0.15, -0.1) is 13.2 Å². The number of amides is 3. The van der Waals surface area contributed by atoms with E-state index in [4.69, 9.17) is 4.74 Å². The summed E-state index contributed by atoms with van der Waals surface area (Å²) in [5.74, 6) is -1.74. The fourth-order valence-electron chi connectivity index (χ4n) is 8.70. The summed E-state index contributed by atoms with van der Waals surface area (Å²) in [6.07, 6.45) is 13.7. The average Bonchev–Trinajstić information content (AvgIpc) is 3.66. The van der Waals surface area contributed by atoms with Crippen LogP contribution in [0.15, 0.2) is 55.6 Å². The average molecular weight is 606 g/mol. The Balaban J connectivity index is 1.54. The zero-order valence-corrected chi connectivity index (χ0v) is 26.5. The number of aliphatic hydroxyl groups is 1. The first-order valence-corrected chi connectivity index (χ1v) is 16.9. The van der Waals surface area contributed by atoms with Crippen LogP contribution in [0.25, 0.3) is 0 Å². The lowest BCUT2D eigenvalue weighted by Gasteiger charge is -2.41. The third kappa shape index (κ3) is 5.64. The van der Waals surface area contributed by atoms with Gasteiger partial charge in [0.15, 0.2) is 0 Å². The molecule has 4 fully saturated rings. The first-order chi connectivity index (χ1) is 21.4. The van der Waals surface area contributed by atoms with E-state index in [1.807, 2.05) is 42.2 Å². The van der Waals surface area contributed by atoms with E-state index in [1.54, 1.807) is 22.0 Å². The monoisotopic (exact) mass is 605 g/mol. The van der Waals surface area contributed by atoms with Crippen LogP contribution >= 0.6 is 0 Å². The first kappa shape index (κ1) is 32.4. The number of fused-ring (bicyclic) bond motifs is 1. The molecule has 44 heavy (non-hydrogen) atoms. The van der Waals surface area contributed by atoms with Crippen LogP contribution in [0.2, 0.25) is 0 Å². The fraction of sp³-hybridized carbons (Fsp3) is 0.639. The van der Waals surface area contributed by atoms with Gasteiger partial charge in [-0.25, -0.2) is 0 Å². The van der Waals surface area contributed by atoms with Gasteiger partial charge in [0.2, 0.25) is 17.7 Å². The van der Waals surface area contributed by atoms with Crippen LogP contribution in [0.4, 0.5) is 5.69 Å². The van der Waals surface area contributed by atoms with Crippen molar-refractivity contribution in [1.29, 1.82) is 0 Å². The Morgan fingerprint density at radius 1 is 1.00 bits per heavy atom. The molecule has 3 amide bonds. The molecule has 0 radical (unpaired) electrons. The van der Waals surface area contributed by atoms with Crippen molar-refractivity contribution >= 4 is 23.4 Å². The molecular formula is C36H51N3O5. The number of nitrogens with zero attached hydrogens (tertiary/aromatic N) is 3. The zero-order chi connectivity index (χ0) is 31.3. The number of aliphatic hydroxyl groups excluding tert-OH is 1. The largest absolute Gasteiger partial charge is 0.396 e. The molecule has 8 heteroatoms. The van der Waals surface area contributed by atoms with Crippen molar-refractivity contribution in [3.8, 4) is 0 Å². The van der Waals surface area contributed by atoms with E-state index in [2.05, 4.69) is 13.2 Å². The van der Waals surface area contributed by atoms with Crippen molar-refractivity contribution in [2.75, 3.05) is 31.1 Å². The van der Waals surface area contributed by atoms with Crippen LogP contribution in [-0.4, -0.2) is 82.2 Å². The van der Waals surface area contributed by atoms with Crippen molar-refractivity contribution in [2.24, 2.45) is 11.8 Å². The molecular weight excluding hydrogens is 554 g/mol. The van der Waals surface area contributed by atoms with E-state index in [1.165, 1.54) is 6.42 Å². The molecule has 1 aliphatic carbocycles. The fourth-order valence-corrected chi connectivity index (χ4v) is 8.70. The number of hydrogen-bond acceptors (Lipinski definition) is 5. The summed E-state index contributed by atoms with van der Waals surface area (Å²) in [6, 6.07) is 8.88. The minimum atomic E-state index is -1.04. The Morgan fingerprint density at radius 3 is 2.36 bits per heavy atom. The third-order valence-electron chi connectivity index (χ3n) is 10.8. The Labute approximate surface area is 263 Å². The second-order valence-electron chi connectivity index (χ2n) is 13.1. The van der Waals surface area contributed by atoms with Crippen LogP contribution < -0.4 is 4.90 Å². The Kier molecular flexibility index (Phi) is 10.3. The second kappa shape index (κ2) is 14.0. The number of unbranched alkanes of at least 4 members (excludes halogenated alkanes) is 3. The molecule has 1 spiro atoms. The maximum absolute atomic E-state index is 14.8. The summed E-state index contributed by atoms with van der Waals surface area (Å²) in [4.78, 5) is 49.6. The van der Waals surface area contributed by atoms with Gasteiger partial charge < -0.3 is 24.5 Å². The Morgan fingerprint density at radius 2 is 1.70 bits per heavy atom. The lowest BCUT2D eigenvalue weighted by Crippen LogP contribution is -2.58. The van der Waals surface area contributed by atoms with Gasteiger partial charge in [0.25, 0.3) is 0 Å². The van der Waals surface area contributed by atoms with Crippen molar-refractivity contribution in [2.45, 2.75) is 107 Å². The molecule has 4 aliphatic rings. The Bertz CT molecular complexity index is 1200. The lowest BCUT2D eigenvalue weighted by atomic mass is 9.64. The Hall–Kier alpha value is -2.97. The van der Waals surface area contributed by atoms with Crippen molar-refractivity contribution in [1.82, 2.24) is 9.80 Å². The van der Waals surface area contributed by atoms with Gasteiger partial charge in [0.1, 0.15) is 11.6 Å². The van der Waals surface area contributed by atoms with Gasteiger partial charge >= 0.3 is 0 Å². The highest BCUT2D eigenvalue weighted by molar-refractivity contribution is 6.03. The highest BCUT2D eigenvalue weighted by Gasteiger charge is 2.79. The number of anilines is 1. The summed E-state index contributed by atoms with van der Waals surface area (Å²) in [6.45, 7) is 11.2. The molecule has 5 atom stereocenters. The minimum Gasteiger partial charge on any atom is -0.396 e. The van der Waals surface area contributed by atoms with Crippen LogP contribution in [0.3, 0.4) is 0 Å². The molecule has 1 aromatic rings. The molecule has 5 rings (SSSR count). The van der Waals surface area contributed by atoms with Crippen LogP contribution in [0.1, 0.15) is 84.0 Å². The second-order valence-corrected chi connectivity index (χ2v) is 13.1. The maximum atomic E-state index is 14.8. The van der Waals surface area contributed by atoms with Gasteiger partial charge in [-0.05, 0) is 57.1 Å². The summed E-state index contributed by atoms with van der Waals surface area (Å²) in [5, 5.41) is 9.26. The summed E-state index contributed by atoms with van der Waals surface area (Å²) >= 11 is 0. The standard InChI is InChI=1S/C36H51N3O5/c1-4-23-37(27-17-11-9-12-18-27)32(41)29-30-33(42)39(25-15-7-8-16-26-40)31(36(30)22-21-35(29,6-3)44-36)34(43)38(24-5-2)28-19-13-10-14-20-28/h4-5,9,11-12,17-18,28-31,40H,1-2,6-8,10,13-16,19-26H2,3H3/t29-,30+,31?,35+,36?/m1/s1. The van der Waals surface area contributed by atoms with E-state index >= 15 is 0 Å². The van der Waals surface area contributed by atoms with Crippen LogP contribution in [0.5, 0.6) is 0 Å². The SMILES string of the molecule is C=CCN(C(=O)[C@H]1[C@H]2C(=O)N(CCCCCCO)C(C(=O)N(CC=C)C3CCCCC3)C23CC[C@]1(CC)O3)c1ccccc1. The summed E-state index contributed by atoms with van der Waals surface area (Å²) in [5.41, 5.74) is -1.08. The number of likely N-dealkylation sites (tertiary alicyclic amines) is 1. The number of ether oxygens (including phenoxy) is 1. The van der Waals surface area contributed by atoms with Gasteiger partial charge in [0.05, 0.1) is 17.4 Å². The molecule has 3 saturated heterocycles. The summed E-state index contributed by atoms with van der Waals surface area (Å²) in [7, 11) is 0. The van der Waals surface area contributed by atoms with Crippen molar-refractivity contribution < 1.29 is 24.2 Å². The number of hydrogen-bond donors (Lipinski definition) is 1. The number of carbonyl (C=O) groups excluding carboxylic acids is 3. The molecule has 8 nitrogen and oxygen atoms in total. The molecule has 2 bridgehead atoms. The quantitative estimate of drug-likeness (QED) is 0.218. The van der Waals surface area contributed by atoms with Gasteiger partial charge in [-0.1, -0.05) is 69.4 Å². The van der Waals surface area contributed by atoms with Gasteiger partial charge in [0, 0.05) is 38.0 Å². The smallest absolute Gasteiger partial charge is 0.248 e. The van der Waals surface area contributed by atoms with E-state index < -0.39 is 29.1 Å². The van der Waals surface area contributed by atoms with E-state index in [-0.39, 0.29) is 30.4 Å². The molecule has 3 aliphatic heterocycles. The van der Waals surface area contributed by atoms with Crippen LogP contribution in [0, 0.1) is 11.8 Å². The summed E-state index contributed by atoms with van der Waals surface area (Å²) < 4.78 is 7.07. The number of rotatable bonds is 15. The molecule has 240 valence electrons. The predicted molar refractivity (Wildman–Crippen MR) is 172 cm³/mol. The zero-order valence-electron chi connectivity index (χ0n) is 26.5. The lowest BCUT2D eigenvalue weighted by molar-refractivity contribution is -0.154. The number of carbonyl (C=O) groups is 3. The highest BCUT2D eigenvalue weighted by Crippen LogP contribution is 2.65. The molecule has 1 N–H and O–H groups in total. The third-order valence-corrected chi connectivity index (χ3v) is 10.8. The van der Waals surface area contributed by atoms with Gasteiger partial charge in [-0.2, -0.15) is 0 Å². The molecule has 2 unspecified atom stereocenters. The highest BCUT2D eigenvalue weighted by atomic mass is 16.5. The number of para-hydroxylation sites is 1. The van der Waals surface area contributed by atoms with E-state index in [9.17, 15) is 19.5 Å². The van der Waals surface area contributed by atoms with Crippen molar-refractivity contribution in [3.63, 3.8) is 0 Å². The molecule has 3 heterocycles. The maximum Gasteiger partial charge on any atom is 0.248 e. The topological polar surface area (TPSA) is 90.4 Å².